The lowest BCUT2D eigenvalue weighted by atomic mass is 9.80. The van der Waals surface area contributed by atoms with Crippen LogP contribution in [0.15, 0.2) is 121 Å². The minimum absolute atomic E-state index is 0.323. The number of hydrogen-bond acceptors (Lipinski definition) is 2. The molecule has 0 bridgehead atoms. The van der Waals surface area contributed by atoms with Crippen LogP contribution in [0.4, 0.5) is 0 Å². The molecule has 0 saturated carbocycles. The number of carbonyl (C=O) groups is 1. The molecule has 0 aromatic heterocycles. The summed E-state index contributed by atoms with van der Waals surface area (Å²) in [5, 5.41) is 15.7. The molecule has 0 heterocycles. The SMILES string of the molecule is C=C(NCc1cccc2ccccc12)c1ccc(C(C)C(C)Cc2ccc(-c3ccccc3C(=O)O)cc2)c(C(C)=C(C)C)c1. The standard InChI is InChI=1S/C42H43NO2/c1-27(2)29(4)41-25-35(31(6)43-26-36-14-11-13-33-12-7-8-15-38(33)36)22-23-37(41)30(5)28(3)24-32-18-20-34(21-19-32)39-16-9-10-17-40(39)42(44)45/h7-23,25,28,30,43H,6,24,26H2,1-5H3,(H,44,45). The van der Waals surface area contributed by atoms with Gasteiger partial charge in [0, 0.05) is 12.2 Å². The topological polar surface area (TPSA) is 49.3 Å². The summed E-state index contributed by atoms with van der Waals surface area (Å²) in [6.45, 7) is 16.3. The van der Waals surface area contributed by atoms with Crippen LogP contribution in [0.3, 0.4) is 0 Å². The summed E-state index contributed by atoms with van der Waals surface area (Å²) in [6, 6.07) is 37.2. The largest absolute Gasteiger partial charge is 0.478 e. The van der Waals surface area contributed by atoms with Crippen molar-refractivity contribution in [1.82, 2.24) is 5.32 Å². The Morgan fingerprint density at radius 2 is 1.49 bits per heavy atom. The van der Waals surface area contributed by atoms with Gasteiger partial charge < -0.3 is 10.4 Å². The van der Waals surface area contributed by atoms with Crippen LogP contribution < -0.4 is 5.32 Å². The first-order valence-electron chi connectivity index (χ1n) is 15.7. The van der Waals surface area contributed by atoms with Gasteiger partial charge in [0.1, 0.15) is 0 Å². The zero-order valence-corrected chi connectivity index (χ0v) is 27.0. The molecule has 45 heavy (non-hydrogen) atoms. The summed E-state index contributed by atoms with van der Waals surface area (Å²) >= 11 is 0. The molecule has 0 aliphatic heterocycles. The van der Waals surface area contributed by atoms with Crippen LogP contribution in [0.5, 0.6) is 0 Å². The van der Waals surface area contributed by atoms with Crippen LogP contribution >= 0.6 is 0 Å². The van der Waals surface area contributed by atoms with Crippen molar-refractivity contribution in [3.8, 4) is 11.1 Å². The molecular weight excluding hydrogens is 550 g/mol. The lowest BCUT2D eigenvalue weighted by Crippen LogP contribution is -2.14. The summed E-state index contributed by atoms with van der Waals surface area (Å²) in [5.74, 6) is -0.188. The number of aromatic carboxylic acids is 1. The minimum atomic E-state index is -0.908. The molecular formula is C42H43NO2. The monoisotopic (exact) mass is 593 g/mol. The van der Waals surface area contributed by atoms with Crippen LogP contribution in [0.25, 0.3) is 33.2 Å². The number of benzene rings is 5. The number of nitrogens with one attached hydrogen (secondary N) is 1. The molecule has 5 aromatic carbocycles. The van der Waals surface area contributed by atoms with E-state index in [9.17, 15) is 9.90 Å². The van der Waals surface area contributed by atoms with Gasteiger partial charge in [-0.25, -0.2) is 4.79 Å². The quantitative estimate of drug-likeness (QED) is 0.160. The maximum absolute atomic E-state index is 11.7. The van der Waals surface area contributed by atoms with Gasteiger partial charge in [-0.1, -0.05) is 123 Å². The van der Waals surface area contributed by atoms with E-state index in [0.717, 1.165) is 28.8 Å². The average molecular weight is 594 g/mol. The highest BCUT2D eigenvalue weighted by Gasteiger charge is 2.20. The van der Waals surface area contributed by atoms with E-state index in [-0.39, 0.29) is 0 Å². The normalized spacial score (nSPS) is 12.4. The molecule has 2 atom stereocenters. The second kappa shape index (κ2) is 13.8. The Balaban J connectivity index is 1.34. The van der Waals surface area contributed by atoms with Crippen molar-refractivity contribution in [2.24, 2.45) is 5.92 Å². The van der Waals surface area contributed by atoms with Gasteiger partial charge >= 0.3 is 5.97 Å². The van der Waals surface area contributed by atoms with Crippen molar-refractivity contribution in [2.45, 2.75) is 53.5 Å². The van der Waals surface area contributed by atoms with Crippen molar-refractivity contribution < 1.29 is 9.90 Å². The van der Waals surface area contributed by atoms with Crippen LogP contribution in [0.1, 0.15) is 78.7 Å². The lowest BCUT2D eigenvalue weighted by molar-refractivity contribution is 0.0697. The van der Waals surface area contributed by atoms with Crippen LogP contribution in [0, 0.1) is 5.92 Å². The highest BCUT2D eigenvalue weighted by atomic mass is 16.4. The third kappa shape index (κ3) is 7.10. The van der Waals surface area contributed by atoms with Crippen LogP contribution in [0.2, 0.25) is 0 Å². The fraction of sp³-hybridized carbons (Fsp3) is 0.214. The molecule has 5 aromatic rings. The predicted molar refractivity (Wildman–Crippen MR) is 190 cm³/mol. The highest BCUT2D eigenvalue weighted by molar-refractivity contribution is 5.96. The maximum atomic E-state index is 11.7. The second-order valence-electron chi connectivity index (χ2n) is 12.4. The highest BCUT2D eigenvalue weighted by Crippen LogP contribution is 2.35. The van der Waals surface area contributed by atoms with E-state index >= 15 is 0 Å². The number of allylic oxidation sites excluding steroid dienone is 2. The zero-order valence-electron chi connectivity index (χ0n) is 27.0. The minimum Gasteiger partial charge on any atom is -0.478 e. The molecule has 0 aliphatic carbocycles. The lowest BCUT2D eigenvalue weighted by Gasteiger charge is -2.25. The molecule has 0 spiro atoms. The first kappa shape index (κ1) is 31.5. The van der Waals surface area contributed by atoms with Gasteiger partial charge in [-0.05, 0) is 106 Å². The molecule has 2 unspecified atom stereocenters. The number of hydrogen-bond donors (Lipinski definition) is 2. The van der Waals surface area contributed by atoms with Crippen LogP contribution in [-0.2, 0) is 13.0 Å². The van der Waals surface area contributed by atoms with Gasteiger partial charge in [-0.3, -0.25) is 0 Å². The van der Waals surface area contributed by atoms with Gasteiger partial charge in [-0.2, -0.15) is 0 Å². The zero-order chi connectivity index (χ0) is 32.1. The fourth-order valence-electron chi connectivity index (χ4n) is 6.08. The van der Waals surface area contributed by atoms with E-state index in [1.807, 2.05) is 24.3 Å². The van der Waals surface area contributed by atoms with E-state index in [2.05, 4.69) is 119 Å². The summed E-state index contributed by atoms with van der Waals surface area (Å²) in [4.78, 5) is 11.7. The van der Waals surface area contributed by atoms with Crippen molar-refractivity contribution in [1.29, 1.82) is 0 Å². The second-order valence-corrected chi connectivity index (χ2v) is 12.4. The van der Waals surface area contributed by atoms with E-state index in [1.54, 1.807) is 12.1 Å². The number of carboxylic acids is 1. The Kier molecular flexibility index (Phi) is 9.68. The first-order valence-corrected chi connectivity index (χ1v) is 15.7. The molecule has 5 rings (SSSR count). The Labute approximate surface area is 268 Å². The number of fused-ring (bicyclic) bond motifs is 1. The molecule has 3 heteroatoms. The molecule has 0 radical (unpaired) electrons. The van der Waals surface area contributed by atoms with E-state index in [4.69, 9.17) is 0 Å². The van der Waals surface area contributed by atoms with Gasteiger partial charge in [0.25, 0.3) is 0 Å². The van der Waals surface area contributed by atoms with E-state index < -0.39 is 5.97 Å². The third-order valence-electron chi connectivity index (χ3n) is 9.25. The smallest absolute Gasteiger partial charge is 0.336 e. The predicted octanol–water partition coefficient (Wildman–Crippen LogP) is 10.8. The average Bonchev–Trinajstić information content (AvgIpc) is 3.06. The molecule has 228 valence electrons. The van der Waals surface area contributed by atoms with Crippen molar-refractivity contribution in [2.75, 3.05) is 0 Å². The fourth-order valence-corrected chi connectivity index (χ4v) is 6.08. The van der Waals surface area contributed by atoms with Gasteiger partial charge in [0.2, 0.25) is 0 Å². The van der Waals surface area contributed by atoms with Crippen LogP contribution in [-0.4, -0.2) is 11.1 Å². The summed E-state index contributed by atoms with van der Waals surface area (Å²) in [6.07, 6.45) is 0.927. The number of rotatable bonds is 11. The molecule has 2 N–H and O–H groups in total. The summed E-state index contributed by atoms with van der Waals surface area (Å²) in [5.41, 5.74) is 11.7. The maximum Gasteiger partial charge on any atom is 0.336 e. The molecule has 0 amide bonds. The Morgan fingerprint density at radius 3 is 2.22 bits per heavy atom. The van der Waals surface area contributed by atoms with E-state index in [1.165, 1.54) is 44.2 Å². The molecule has 0 saturated heterocycles. The van der Waals surface area contributed by atoms with Gasteiger partial charge in [-0.15, -0.1) is 0 Å². The Hall–Kier alpha value is -4.89. The summed E-state index contributed by atoms with van der Waals surface area (Å²) in [7, 11) is 0. The molecule has 3 nitrogen and oxygen atoms in total. The third-order valence-corrected chi connectivity index (χ3v) is 9.25. The Morgan fingerprint density at radius 1 is 0.800 bits per heavy atom. The molecule has 0 aliphatic rings. The Bertz CT molecular complexity index is 1870. The van der Waals surface area contributed by atoms with Gasteiger partial charge in [0.05, 0.1) is 5.56 Å². The van der Waals surface area contributed by atoms with E-state index in [0.29, 0.717) is 23.9 Å². The van der Waals surface area contributed by atoms with Crippen molar-refractivity contribution in [3.05, 3.63) is 155 Å². The van der Waals surface area contributed by atoms with Gasteiger partial charge in [0.15, 0.2) is 0 Å². The van der Waals surface area contributed by atoms with Crippen molar-refractivity contribution in [3.63, 3.8) is 0 Å². The first-order chi connectivity index (χ1) is 21.6. The summed E-state index contributed by atoms with van der Waals surface area (Å²) < 4.78 is 0. The number of carboxylic acid groups (broad SMARTS) is 1. The van der Waals surface area contributed by atoms with Crippen molar-refractivity contribution >= 4 is 28.0 Å². The molecule has 0 fully saturated rings.